The van der Waals surface area contributed by atoms with Crippen molar-refractivity contribution in [2.24, 2.45) is 5.92 Å². The molecule has 2 aliphatic rings. The normalized spacial score (nSPS) is 21.2. The molecule has 136 valence electrons. The predicted molar refractivity (Wildman–Crippen MR) is 101 cm³/mol. The van der Waals surface area contributed by atoms with E-state index in [9.17, 15) is 4.79 Å². The Bertz CT molecular complexity index is 599. The van der Waals surface area contributed by atoms with Crippen LogP contribution in [0.2, 0.25) is 5.02 Å². The molecule has 5 heteroatoms. The number of ether oxygens (including phenoxy) is 1. The van der Waals surface area contributed by atoms with Gasteiger partial charge in [0.25, 0.3) is 5.91 Å². The average molecular weight is 363 g/mol. The first-order valence-corrected chi connectivity index (χ1v) is 9.61. The number of amides is 1. The molecular formula is C20H27ClN2O2. The van der Waals surface area contributed by atoms with Gasteiger partial charge in [-0.15, -0.1) is 0 Å². The zero-order valence-corrected chi connectivity index (χ0v) is 15.5. The van der Waals surface area contributed by atoms with Gasteiger partial charge in [-0.1, -0.05) is 35.9 Å². The largest absolute Gasteiger partial charge is 0.379 e. The Morgan fingerprint density at radius 1 is 1.24 bits per heavy atom. The maximum atomic E-state index is 13.1. The van der Waals surface area contributed by atoms with Crippen LogP contribution in [0.25, 0.3) is 0 Å². The molecule has 1 saturated heterocycles. The summed E-state index contributed by atoms with van der Waals surface area (Å²) < 4.78 is 5.41. The first kappa shape index (κ1) is 18.4. The number of halogens is 1. The zero-order chi connectivity index (χ0) is 17.5. The molecule has 0 N–H and O–H groups in total. The lowest BCUT2D eigenvalue weighted by Gasteiger charge is -2.32. The van der Waals surface area contributed by atoms with Crippen molar-refractivity contribution >= 4 is 17.5 Å². The second-order valence-corrected chi connectivity index (χ2v) is 7.24. The Hall–Kier alpha value is -1.36. The molecule has 1 aliphatic carbocycles. The Labute approximate surface area is 155 Å². The summed E-state index contributed by atoms with van der Waals surface area (Å²) in [5.41, 5.74) is 0.609. The molecule has 0 radical (unpaired) electrons. The monoisotopic (exact) mass is 362 g/mol. The lowest BCUT2D eigenvalue weighted by atomic mass is 9.93. The number of hydrogen-bond acceptors (Lipinski definition) is 3. The molecule has 1 aromatic carbocycles. The zero-order valence-electron chi connectivity index (χ0n) is 14.7. The maximum Gasteiger partial charge on any atom is 0.255 e. The van der Waals surface area contributed by atoms with E-state index >= 15 is 0 Å². The van der Waals surface area contributed by atoms with Gasteiger partial charge in [0.15, 0.2) is 0 Å². The van der Waals surface area contributed by atoms with E-state index in [2.05, 4.69) is 17.1 Å². The molecule has 1 fully saturated rings. The SMILES string of the molecule is O=C(c1ccccc1Cl)N(CCN1CCOCC1)C[C@@H]1CC=CCC1. The summed E-state index contributed by atoms with van der Waals surface area (Å²) in [4.78, 5) is 17.5. The highest BCUT2D eigenvalue weighted by Gasteiger charge is 2.23. The third-order valence-corrected chi connectivity index (χ3v) is 5.37. The van der Waals surface area contributed by atoms with Crippen molar-refractivity contribution < 1.29 is 9.53 Å². The van der Waals surface area contributed by atoms with Crippen molar-refractivity contribution in [1.82, 2.24) is 9.80 Å². The molecule has 0 aromatic heterocycles. The van der Waals surface area contributed by atoms with Gasteiger partial charge in [0.2, 0.25) is 0 Å². The third-order valence-electron chi connectivity index (χ3n) is 5.04. The quantitative estimate of drug-likeness (QED) is 0.726. The maximum absolute atomic E-state index is 13.1. The molecule has 1 aromatic rings. The molecule has 25 heavy (non-hydrogen) atoms. The summed E-state index contributed by atoms with van der Waals surface area (Å²) >= 11 is 6.27. The highest BCUT2D eigenvalue weighted by Crippen LogP contribution is 2.22. The van der Waals surface area contributed by atoms with Gasteiger partial charge < -0.3 is 9.64 Å². The molecular weight excluding hydrogens is 336 g/mol. The van der Waals surface area contributed by atoms with E-state index in [-0.39, 0.29) is 5.91 Å². The Morgan fingerprint density at radius 3 is 2.76 bits per heavy atom. The van der Waals surface area contributed by atoms with Gasteiger partial charge >= 0.3 is 0 Å². The smallest absolute Gasteiger partial charge is 0.255 e. The van der Waals surface area contributed by atoms with Crippen molar-refractivity contribution in [2.75, 3.05) is 45.9 Å². The summed E-state index contributed by atoms with van der Waals surface area (Å²) in [7, 11) is 0. The van der Waals surface area contributed by atoms with Gasteiger partial charge in [0, 0.05) is 32.7 Å². The van der Waals surface area contributed by atoms with Crippen molar-refractivity contribution in [3.8, 4) is 0 Å². The fraction of sp³-hybridized carbons (Fsp3) is 0.550. The fourth-order valence-corrected chi connectivity index (χ4v) is 3.72. The molecule has 0 bridgehead atoms. The molecule has 0 spiro atoms. The summed E-state index contributed by atoms with van der Waals surface area (Å²) in [5, 5.41) is 0.535. The minimum absolute atomic E-state index is 0.0495. The highest BCUT2D eigenvalue weighted by molar-refractivity contribution is 6.33. The first-order valence-electron chi connectivity index (χ1n) is 9.23. The Balaban J connectivity index is 1.67. The van der Waals surface area contributed by atoms with Crippen LogP contribution in [-0.2, 0) is 4.74 Å². The van der Waals surface area contributed by atoms with E-state index in [1.807, 2.05) is 23.1 Å². The molecule has 1 atom stereocenters. The van der Waals surface area contributed by atoms with Crippen LogP contribution in [0.5, 0.6) is 0 Å². The Morgan fingerprint density at radius 2 is 2.04 bits per heavy atom. The van der Waals surface area contributed by atoms with Crippen molar-refractivity contribution in [3.05, 3.63) is 47.0 Å². The standard InChI is InChI=1S/C20H27ClN2O2/c21-19-9-5-4-8-18(19)20(24)23(16-17-6-2-1-3-7-17)11-10-22-12-14-25-15-13-22/h1-2,4-5,8-9,17H,3,6-7,10-16H2/t17-/m1/s1. The van der Waals surface area contributed by atoms with E-state index in [4.69, 9.17) is 16.3 Å². The molecule has 0 saturated carbocycles. The predicted octanol–water partition coefficient (Wildman–Crippen LogP) is 3.47. The second-order valence-electron chi connectivity index (χ2n) is 6.84. The lowest BCUT2D eigenvalue weighted by molar-refractivity contribution is 0.0315. The van der Waals surface area contributed by atoms with E-state index in [0.29, 0.717) is 16.5 Å². The Kier molecular flexibility index (Phi) is 6.91. The molecule has 1 amide bonds. The van der Waals surface area contributed by atoms with Gasteiger partial charge in [0.05, 0.1) is 23.8 Å². The minimum Gasteiger partial charge on any atom is -0.379 e. The molecule has 3 rings (SSSR count). The number of rotatable bonds is 6. The van der Waals surface area contributed by atoms with Crippen LogP contribution in [0.1, 0.15) is 29.6 Å². The number of nitrogens with zero attached hydrogens (tertiary/aromatic N) is 2. The van der Waals surface area contributed by atoms with Crippen LogP contribution >= 0.6 is 11.6 Å². The van der Waals surface area contributed by atoms with Crippen LogP contribution < -0.4 is 0 Å². The number of carbonyl (C=O) groups is 1. The topological polar surface area (TPSA) is 32.8 Å². The summed E-state index contributed by atoms with van der Waals surface area (Å²) in [5.74, 6) is 0.592. The van der Waals surface area contributed by atoms with Crippen molar-refractivity contribution in [1.29, 1.82) is 0 Å². The molecule has 1 aliphatic heterocycles. The number of carbonyl (C=O) groups excluding carboxylic acids is 1. The minimum atomic E-state index is 0.0495. The number of morpholine rings is 1. The number of allylic oxidation sites excluding steroid dienone is 2. The van der Waals surface area contributed by atoms with Crippen molar-refractivity contribution in [3.63, 3.8) is 0 Å². The van der Waals surface area contributed by atoms with E-state index in [0.717, 1.165) is 65.2 Å². The number of hydrogen-bond donors (Lipinski definition) is 0. The summed E-state index contributed by atoms with van der Waals surface area (Å²) in [6.07, 6.45) is 7.81. The van der Waals surface area contributed by atoms with Crippen molar-refractivity contribution in [2.45, 2.75) is 19.3 Å². The van der Waals surface area contributed by atoms with E-state index < -0.39 is 0 Å². The fourth-order valence-electron chi connectivity index (χ4n) is 3.50. The second kappa shape index (κ2) is 9.37. The van der Waals surface area contributed by atoms with Gasteiger partial charge in [-0.05, 0) is 37.3 Å². The van der Waals surface area contributed by atoms with E-state index in [1.54, 1.807) is 6.07 Å². The van der Waals surface area contributed by atoms with Crippen LogP contribution in [0.15, 0.2) is 36.4 Å². The first-order chi connectivity index (χ1) is 12.2. The molecule has 0 unspecified atom stereocenters. The average Bonchev–Trinajstić information content (AvgIpc) is 2.66. The van der Waals surface area contributed by atoms with Gasteiger partial charge in [-0.25, -0.2) is 0 Å². The highest BCUT2D eigenvalue weighted by atomic mass is 35.5. The third kappa shape index (κ3) is 5.30. The van der Waals surface area contributed by atoms with Gasteiger partial charge in [-0.3, -0.25) is 9.69 Å². The van der Waals surface area contributed by atoms with Crippen LogP contribution in [0.4, 0.5) is 0 Å². The van der Waals surface area contributed by atoms with Gasteiger partial charge in [0.1, 0.15) is 0 Å². The van der Waals surface area contributed by atoms with Crippen LogP contribution in [0, 0.1) is 5.92 Å². The molecule has 4 nitrogen and oxygen atoms in total. The van der Waals surface area contributed by atoms with Gasteiger partial charge in [-0.2, -0.15) is 0 Å². The number of benzene rings is 1. The summed E-state index contributed by atoms with van der Waals surface area (Å²) in [6, 6.07) is 7.36. The van der Waals surface area contributed by atoms with E-state index in [1.165, 1.54) is 0 Å². The van der Waals surface area contributed by atoms with Crippen LogP contribution in [0.3, 0.4) is 0 Å². The summed E-state index contributed by atoms with van der Waals surface area (Å²) in [6.45, 7) is 5.89. The van der Waals surface area contributed by atoms with Crippen LogP contribution in [-0.4, -0.2) is 61.6 Å². The molecule has 1 heterocycles. The lowest BCUT2D eigenvalue weighted by Crippen LogP contribution is -2.44.